The van der Waals surface area contributed by atoms with Crippen molar-refractivity contribution in [3.8, 4) is 56.9 Å². The summed E-state index contributed by atoms with van der Waals surface area (Å²) in [4.78, 5) is 113. The number of nitrogens with one attached hydrogen (secondary N) is 4. The van der Waals surface area contributed by atoms with Gasteiger partial charge in [-0.2, -0.15) is 4.99 Å². The van der Waals surface area contributed by atoms with Gasteiger partial charge in [-0.25, -0.2) is 28.8 Å². The highest BCUT2D eigenvalue weighted by molar-refractivity contribution is 6.08. The van der Waals surface area contributed by atoms with Crippen LogP contribution >= 0.6 is 0 Å². The molecule has 0 bridgehead atoms. The van der Waals surface area contributed by atoms with Gasteiger partial charge in [-0.3, -0.25) is 9.59 Å². The molecule has 658 valence electrons. The molecule has 8 heterocycles. The second kappa shape index (κ2) is 34.8. The molecule has 0 radical (unpaired) electrons. The van der Waals surface area contributed by atoms with Crippen molar-refractivity contribution in [3.63, 3.8) is 0 Å². The van der Waals surface area contributed by atoms with E-state index < -0.39 is 39.9 Å². The number of carboxylic acid groups (broad SMARTS) is 1. The molecule has 8 amide bonds. The molecule has 9 aliphatic rings. The van der Waals surface area contributed by atoms with Crippen LogP contribution in [0.3, 0.4) is 0 Å². The number of carboxylic acids is 1. The van der Waals surface area contributed by atoms with E-state index in [0.29, 0.717) is 214 Å². The smallest absolute Gasteiger partial charge is 0.344 e. The fraction of sp³-hybridized carbons (Fsp3) is 0.257. The summed E-state index contributed by atoms with van der Waals surface area (Å²) >= 11 is 0. The molecule has 10 aromatic carbocycles. The first kappa shape index (κ1) is 86.3. The SMILES string of the molecule is Cc1cc(C)c(C(C)(C)CC(=O)Nc2ccc3c(c2)Oc2cc(NC(=O)N4CCOCC4)ccc2C32OC(=O)c3ccccc32)c([O-])c1.Cc1cc(C)c(C(C)(C)CC(=O)Nc2ccc3c(c2)Oc2cc(NC(=O)N4CCOCC4)ccc2C32OC(=O)c3ccccc32)c([O-])c1.Nc1ccc2c(-c3ccccc3C(=O)O)c3ccc(=NC(=O)N4CCOCC4)cc-3oc2c1. The number of carbonyl (C=O) groups excluding carboxylic acids is 7. The summed E-state index contributed by atoms with van der Waals surface area (Å²) in [5.41, 5.74) is 16.5. The number of anilines is 5. The molecule has 10 aromatic rings. The second-order valence-electron chi connectivity index (χ2n) is 34.2. The van der Waals surface area contributed by atoms with E-state index >= 15 is 0 Å². The fourth-order valence-electron chi connectivity index (χ4n) is 18.7. The number of aryl methyl sites for hydroxylation is 4. The second-order valence-corrected chi connectivity index (χ2v) is 34.2. The Morgan fingerprint density at radius 2 is 0.853 bits per heavy atom. The summed E-state index contributed by atoms with van der Waals surface area (Å²) < 4.78 is 47.5. The van der Waals surface area contributed by atoms with E-state index in [1.807, 2.05) is 97.9 Å². The standard InChI is InChI=1S/2C38H37N3O7.C25H21N3O5/c2*1-22-17-23(2)34(30(42)18-22)37(3,4)21-33(43)39-24-9-11-28-31(19-24)47-32-20-25(40-36(45)41-13-15-46-16-14-41)10-12-29(32)38(28)27-8-6-5-7-26(27)35(44)48-38;26-15-5-7-19-21(13-15)33-22-14-16(27-25(31)28-9-11-32-12-10-28)6-8-20(22)23(19)17-3-1-2-4-18(17)24(29)30/h2*5-12,17-20,42H,13-16,21H2,1-4H3,(H,39,43)(H,40,45);1-8,13-14H,9-12,26H2,(H,29,30)/p-2. The summed E-state index contributed by atoms with van der Waals surface area (Å²) in [6.45, 7) is 21.0. The molecule has 7 N–H and O–H groups in total. The summed E-state index contributed by atoms with van der Waals surface area (Å²) in [5.74, 6) is -0.600. The van der Waals surface area contributed by atoms with Gasteiger partial charge in [0.05, 0.1) is 61.7 Å². The Kier molecular flexibility index (Phi) is 23.3. The quantitative estimate of drug-likeness (QED) is 0.0376. The molecule has 2 spiro atoms. The van der Waals surface area contributed by atoms with Crippen LogP contribution in [0.1, 0.15) is 138 Å². The molecule has 8 aliphatic heterocycles. The van der Waals surface area contributed by atoms with Crippen molar-refractivity contribution in [2.75, 3.05) is 106 Å². The number of aromatic carboxylic acids is 1. The van der Waals surface area contributed by atoms with Crippen LogP contribution in [0.2, 0.25) is 0 Å². The van der Waals surface area contributed by atoms with Gasteiger partial charge in [0.15, 0.2) is 11.2 Å². The number of esters is 2. The van der Waals surface area contributed by atoms with Crippen LogP contribution in [-0.4, -0.2) is 147 Å². The van der Waals surface area contributed by atoms with Gasteiger partial charge in [-0.15, -0.1) is 11.5 Å². The number of hydrogen-bond acceptors (Lipinski definition) is 19. The van der Waals surface area contributed by atoms with E-state index in [9.17, 15) is 53.7 Å². The molecular formula is C101H93N9O19-2. The number of fused-ring (bicyclic) bond motifs is 14. The number of nitrogen functional groups attached to an aromatic ring is 1. The third-order valence-electron chi connectivity index (χ3n) is 24.2. The lowest BCUT2D eigenvalue weighted by atomic mass is 9.77. The third-order valence-corrected chi connectivity index (χ3v) is 24.2. The maximum Gasteiger partial charge on any atom is 0.344 e. The molecule has 3 saturated heterocycles. The van der Waals surface area contributed by atoms with Crippen LogP contribution in [0, 0.1) is 27.7 Å². The summed E-state index contributed by atoms with van der Waals surface area (Å²) in [7, 11) is 0. The molecule has 1 aliphatic carbocycles. The van der Waals surface area contributed by atoms with Crippen molar-refractivity contribution in [2.45, 2.75) is 90.3 Å². The van der Waals surface area contributed by atoms with Gasteiger partial charge < -0.3 is 94.6 Å². The Hall–Kier alpha value is -14.9. The van der Waals surface area contributed by atoms with E-state index in [4.69, 9.17) is 43.3 Å². The molecule has 28 nitrogen and oxygen atoms in total. The average molecular weight is 1740 g/mol. The Morgan fingerprint density at radius 1 is 0.450 bits per heavy atom. The number of hydrogen-bond donors (Lipinski definition) is 6. The van der Waals surface area contributed by atoms with Gasteiger partial charge in [0.2, 0.25) is 11.8 Å². The van der Waals surface area contributed by atoms with Crippen LogP contribution in [0.25, 0.3) is 33.4 Å². The van der Waals surface area contributed by atoms with E-state index in [1.54, 1.807) is 178 Å². The lowest BCUT2D eigenvalue weighted by Gasteiger charge is -2.37. The van der Waals surface area contributed by atoms with Crippen molar-refractivity contribution in [1.29, 1.82) is 0 Å². The maximum absolute atomic E-state index is 13.4. The molecule has 129 heavy (non-hydrogen) atoms. The highest BCUT2D eigenvalue weighted by atomic mass is 16.6. The number of rotatable bonds is 12. The van der Waals surface area contributed by atoms with E-state index in [0.717, 1.165) is 33.2 Å². The number of morpholine rings is 3. The Labute approximate surface area is 742 Å². The van der Waals surface area contributed by atoms with E-state index in [-0.39, 0.29) is 59.8 Å². The van der Waals surface area contributed by atoms with Crippen LogP contribution in [-0.2, 0) is 55.3 Å². The minimum absolute atomic E-state index is 0.0774. The lowest BCUT2D eigenvalue weighted by molar-refractivity contribution is -0.270. The predicted octanol–water partition coefficient (Wildman–Crippen LogP) is 16.1. The van der Waals surface area contributed by atoms with Gasteiger partial charge >= 0.3 is 36.0 Å². The van der Waals surface area contributed by atoms with Crippen molar-refractivity contribution < 1.29 is 91.3 Å². The molecule has 2 atom stereocenters. The number of nitrogens with zero attached hydrogens (tertiary/aromatic N) is 4. The number of carbonyl (C=O) groups is 8. The zero-order valence-electron chi connectivity index (χ0n) is 72.2. The van der Waals surface area contributed by atoms with Crippen molar-refractivity contribution in [1.82, 2.24) is 14.7 Å². The Bertz CT molecular complexity index is 6290. The molecular weight excluding hydrogens is 1640 g/mol. The third kappa shape index (κ3) is 16.8. The monoisotopic (exact) mass is 1740 g/mol. The minimum Gasteiger partial charge on any atom is -0.872 e. The number of amides is 8. The van der Waals surface area contributed by atoms with Gasteiger partial charge in [0.25, 0.3) is 0 Å². The van der Waals surface area contributed by atoms with Gasteiger partial charge in [0, 0.05) is 167 Å². The van der Waals surface area contributed by atoms with E-state index in [2.05, 4.69) is 26.3 Å². The van der Waals surface area contributed by atoms with Crippen molar-refractivity contribution in [2.24, 2.45) is 4.99 Å². The molecule has 0 aromatic heterocycles. The Morgan fingerprint density at radius 3 is 1.28 bits per heavy atom. The topological polar surface area (TPSA) is 377 Å². The van der Waals surface area contributed by atoms with Crippen LogP contribution in [0.4, 0.5) is 42.8 Å². The van der Waals surface area contributed by atoms with Crippen LogP contribution in [0.5, 0.6) is 34.5 Å². The maximum atomic E-state index is 13.4. The van der Waals surface area contributed by atoms with Gasteiger partial charge in [-0.05, 0) is 157 Å². The minimum atomic E-state index is -1.30. The molecule has 0 saturated carbocycles. The molecule has 28 heteroatoms. The van der Waals surface area contributed by atoms with Crippen molar-refractivity contribution >= 4 is 87.2 Å². The number of benzene rings is 11. The molecule has 19 rings (SSSR count). The largest absolute Gasteiger partial charge is 0.872 e. The van der Waals surface area contributed by atoms with Crippen LogP contribution in [0.15, 0.2) is 216 Å². The summed E-state index contributed by atoms with van der Waals surface area (Å²) in [5, 5.41) is 48.6. The van der Waals surface area contributed by atoms with Gasteiger partial charge in [-0.1, -0.05) is 118 Å². The first-order chi connectivity index (χ1) is 61.9. The molecule has 3 fully saturated rings. The predicted molar refractivity (Wildman–Crippen MR) is 478 cm³/mol. The number of ether oxygens (including phenoxy) is 7. The molecule has 2 unspecified atom stereocenters. The number of nitrogens with two attached hydrogens (primary N) is 1. The zero-order valence-corrected chi connectivity index (χ0v) is 72.2. The summed E-state index contributed by atoms with van der Waals surface area (Å²) in [6, 6.07) is 59.1. The number of urea groups is 3. The fourth-order valence-corrected chi connectivity index (χ4v) is 18.7. The summed E-state index contributed by atoms with van der Waals surface area (Å²) in [6.07, 6.45) is 0.155. The lowest BCUT2D eigenvalue weighted by Crippen LogP contribution is -2.43. The highest BCUT2D eigenvalue weighted by Crippen LogP contribution is 2.59. The highest BCUT2D eigenvalue weighted by Gasteiger charge is 2.55. The first-order valence-electron chi connectivity index (χ1n) is 42.5. The zero-order chi connectivity index (χ0) is 90.5. The average Bonchev–Trinajstić information content (AvgIpc) is 1.55. The Balaban J connectivity index is 0.000000138. The van der Waals surface area contributed by atoms with Gasteiger partial charge in [0.1, 0.15) is 34.3 Å². The van der Waals surface area contributed by atoms with Crippen LogP contribution < -0.4 is 52.0 Å². The first-order valence-corrected chi connectivity index (χ1v) is 42.5. The normalized spacial score (nSPS) is 17.1. The van der Waals surface area contributed by atoms with Crippen molar-refractivity contribution in [3.05, 3.63) is 295 Å². The van der Waals surface area contributed by atoms with E-state index in [1.165, 1.54) is 0 Å².